The highest BCUT2D eigenvalue weighted by molar-refractivity contribution is 6.26. The Labute approximate surface area is 286 Å². The Morgan fingerprint density at radius 1 is 0.360 bits per heavy atom. The molecule has 10 rings (SSSR count). The molecule has 4 aromatic heterocycles. The number of benzene rings is 6. The normalized spacial score (nSPS) is 11.6. The average molecular weight is 642 g/mol. The molecule has 4 heterocycles. The second kappa shape index (κ2) is 11.3. The van der Waals surface area contributed by atoms with Crippen molar-refractivity contribution < 1.29 is 0 Å². The molecule has 50 heavy (non-hydrogen) atoms. The minimum absolute atomic E-state index is 0.514. The molecular formula is C43H27N7. The SMILES string of the molecule is c1ccc(-c2nc(-c3ccccc3)nc(-c3cnc(-n4c5ccccc5c5ccc6c(c7ccccc7n6-c6ccccc6)c54)nc3)n2)cc1. The van der Waals surface area contributed by atoms with Crippen LogP contribution in [0, 0.1) is 0 Å². The van der Waals surface area contributed by atoms with Crippen molar-refractivity contribution >= 4 is 43.6 Å². The van der Waals surface area contributed by atoms with Gasteiger partial charge in [-0.2, -0.15) is 0 Å². The Bertz CT molecular complexity index is 2780. The summed E-state index contributed by atoms with van der Waals surface area (Å²) in [4.78, 5) is 24.6. The van der Waals surface area contributed by atoms with E-state index in [2.05, 4.69) is 100 Å². The number of hydrogen-bond acceptors (Lipinski definition) is 5. The zero-order chi connectivity index (χ0) is 33.0. The molecule has 0 spiro atoms. The Balaban J connectivity index is 1.20. The van der Waals surface area contributed by atoms with Crippen LogP contribution in [0.2, 0.25) is 0 Å². The molecule has 0 saturated heterocycles. The van der Waals surface area contributed by atoms with Gasteiger partial charge in [0.1, 0.15) is 0 Å². The lowest BCUT2D eigenvalue weighted by molar-refractivity contribution is 0.984. The van der Waals surface area contributed by atoms with Crippen molar-refractivity contribution in [1.29, 1.82) is 0 Å². The maximum absolute atomic E-state index is 5.00. The number of hydrogen-bond donors (Lipinski definition) is 0. The van der Waals surface area contributed by atoms with Gasteiger partial charge in [0.2, 0.25) is 5.95 Å². The van der Waals surface area contributed by atoms with Gasteiger partial charge in [0.15, 0.2) is 17.5 Å². The van der Waals surface area contributed by atoms with E-state index in [0.717, 1.165) is 55.0 Å². The van der Waals surface area contributed by atoms with E-state index in [0.29, 0.717) is 29.0 Å². The van der Waals surface area contributed by atoms with Crippen LogP contribution in [-0.2, 0) is 0 Å². The standard InChI is InChI=1S/C43H27N7/c1-4-14-28(15-5-1)40-46-41(29-16-6-2-7-17-29)48-42(47-40)30-26-44-43(45-27-30)50-35-22-12-10-20-32(35)33-24-25-37-38(39(33)50)34-21-11-13-23-36(34)49(37)31-18-8-3-9-19-31/h1-27H. The smallest absolute Gasteiger partial charge is 0.234 e. The minimum Gasteiger partial charge on any atom is -0.309 e. The number of fused-ring (bicyclic) bond motifs is 7. The highest BCUT2D eigenvalue weighted by atomic mass is 15.2. The molecule has 0 aliphatic carbocycles. The third-order valence-corrected chi connectivity index (χ3v) is 9.28. The van der Waals surface area contributed by atoms with Crippen LogP contribution >= 0.6 is 0 Å². The average Bonchev–Trinajstić information content (AvgIpc) is 3.72. The predicted molar refractivity (Wildman–Crippen MR) is 200 cm³/mol. The fraction of sp³-hybridized carbons (Fsp3) is 0. The van der Waals surface area contributed by atoms with Gasteiger partial charge in [-0.3, -0.25) is 4.57 Å². The third kappa shape index (κ3) is 4.41. The molecule has 0 aliphatic heterocycles. The fourth-order valence-corrected chi connectivity index (χ4v) is 7.06. The molecule has 0 amide bonds. The van der Waals surface area contributed by atoms with Gasteiger partial charge in [0.25, 0.3) is 0 Å². The van der Waals surface area contributed by atoms with Gasteiger partial charge in [-0.25, -0.2) is 24.9 Å². The second-order valence-electron chi connectivity index (χ2n) is 12.2. The van der Waals surface area contributed by atoms with Gasteiger partial charge >= 0.3 is 0 Å². The molecule has 0 bridgehead atoms. The van der Waals surface area contributed by atoms with Crippen LogP contribution in [-0.4, -0.2) is 34.1 Å². The largest absolute Gasteiger partial charge is 0.309 e. The molecule has 10 aromatic rings. The van der Waals surface area contributed by atoms with E-state index in [4.69, 9.17) is 24.9 Å². The Morgan fingerprint density at radius 2 is 0.860 bits per heavy atom. The first-order chi connectivity index (χ1) is 24.8. The topological polar surface area (TPSA) is 74.3 Å². The van der Waals surface area contributed by atoms with Crippen LogP contribution in [0.1, 0.15) is 0 Å². The molecule has 7 nitrogen and oxygen atoms in total. The van der Waals surface area contributed by atoms with Crippen molar-refractivity contribution in [2.45, 2.75) is 0 Å². The maximum Gasteiger partial charge on any atom is 0.234 e. The summed E-state index contributed by atoms with van der Waals surface area (Å²) in [6.45, 7) is 0. The maximum atomic E-state index is 5.00. The van der Waals surface area contributed by atoms with E-state index in [1.54, 1.807) is 0 Å². The Morgan fingerprint density at radius 3 is 1.48 bits per heavy atom. The second-order valence-corrected chi connectivity index (χ2v) is 12.2. The summed E-state index contributed by atoms with van der Waals surface area (Å²) in [6.07, 6.45) is 3.63. The van der Waals surface area contributed by atoms with Crippen LogP contribution in [0.3, 0.4) is 0 Å². The molecule has 7 heteroatoms. The van der Waals surface area contributed by atoms with Gasteiger partial charge < -0.3 is 4.57 Å². The van der Waals surface area contributed by atoms with Crippen molar-refractivity contribution in [1.82, 2.24) is 34.1 Å². The molecule has 234 valence electrons. The van der Waals surface area contributed by atoms with E-state index >= 15 is 0 Å². The van der Waals surface area contributed by atoms with Gasteiger partial charge in [0, 0.05) is 50.8 Å². The van der Waals surface area contributed by atoms with Gasteiger partial charge in [-0.05, 0) is 30.3 Å². The van der Waals surface area contributed by atoms with Crippen LogP contribution in [0.15, 0.2) is 164 Å². The van der Waals surface area contributed by atoms with Crippen LogP contribution < -0.4 is 0 Å². The number of aromatic nitrogens is 7. The number of para-hydroxylation sites is 3. The minimum atomic E-state index is 0.514. The summed E-state index contributed by atoms with van der Waals surface area (Å²) in [5.74, 6) is 2.28. The first-order valence-electron chi connectivity index (χ1n) is 16.5. The molecule has 0 atom stereocenters. The molecule has 0 saturated carbocycles. The predicted octanol–water partition coefficient (Wildman–Crippen LogP) is 9.86. The number of nitrogens with zero attached hydrogens (tertiary/aromatic N) is 7. The van der Waals surface area contributed by atoms with Crippen molar-refractivity contribution in [2.75, 3.05) is 0 Å². The fourth-order valence-electron chi connectivity index (χ4n) is 7.06. The molecule has 0 unspecified atom stereocenters. The summed E-state index contributed by atoms with van der Waals surface area (Å²) in [5, 5.41) is 4.62. The van der Waals surface area contributed by atoms with Gasteiger partial charge in [-0.15, -0.1) is 0 Å². The lowest BCUT2D eigenvalue weighted by Crippen LogP contribution is -2.03. The molecule has 0 aliphatic rings. The summed E-state index contributed by atoms with van der Waals surface area (Å²) in [7, 11) is 0. The lowest BCUT2D eigenvalue weighted by Gasteiger charge is -2.10. The van der Waals surface area contributed by atoms with Crippen LogP contribution in [0.5, 0.6) is 0 Å². The summed E-state index contributed by atoms with van der Waals surface area (Å²) in [6, 6.07) is 52.0. The van der Waals surface area contributed by atoms with E-state index in [9.17, 15) is 0 Å². The van der Waals surface area contributed by atoms with Gasteiger partial charge in [0.05, 0.1) is 27.6 Å². The van der Waals surface area contributed by atoms with Crippen molar-refractivity contribution in [3.05, 3.63) is 164 Å². The van der Waals surface area contributed by atoms with Crippen molar-refractivity contribution in [3.8, 4) is 45.8 Å². The lowest BCUT2D eigenvalue weighted by atomic mass is 10.1. The van der Waals surface area contributed by atoms with Gasteiger partial charge in [-0.1, -0.05) is 121 Å². The highest BCUT2D eigenvalue weighted by Crippen LogP contribution is 2.41. The monoisotopic (exact) mass is 641 g/mol. The summed E-state index contributed by atoms with van der Waals surface area (Å²) in [5.41, 5.74) is 8.02. The van der Waals surface area contributed by atoms with Crippen molar-refractivity contribution in [3.63, 3.8) is 0 Å². The first kappa shape index (κ1) is 28.1. The van der Waals surface area contributed by atoms with Crippen LogP contribution in [0.25, 0.3) is 89.4 Å². The van der Waals surface area contributed by atoms with E-state index < -0.39 is 0 Å². The van der Waals surface area contributed by atoms with E-state index in [1.807, 2.05) is 73.1 Å². The first-order valence-corrected chi connectivity index (χ1v) is 16.5. The quantitative estimate of drug-likeness (QED) is 0.187. The van der Waals surface area contributed by atoms with E-state index in [-0.39, 0.29) is 0 Å². The summed E-state index contributed by atoms with van der Waals surface area (Å²) >= 11 is 0. The zero-order valence-corrected chi connectivity index (χ0v) is 26.7. The highest BCUT2D eigenvalue weighted by Gasteiger charge is 2.22. The van der Waals surface area contributed by atoms with E-state index in [1.165, 1.54) is 5.39 Å². The molecular weight excluding hydrogens is 615 g/mol. The zero-order valence-electron chi connectivity index (χ0n) is 26.7. The molecule has 6 aromatic carbocycles. The molecule has 0 radical (unpaired) electrons. The van der Waals surface area contributed by atoms with Crippen molar-refractivity contribution in [2.24, 2.45) is 0 Å². The Kier molecular flexibility index (Phi) is 6.35. The van der Waals surface area contributed by atoms with Crippen LogP contribution in [0.4, 0.5) is 0 Å². The molecule has 0 N–H and O–H groups in total. The Hall–Kier alpha value is -6.99. The third-order valence-electron chi connectivity index (χ3n) is 9.28. The number of rotatable bonds is 5. The molecule has 0 fully saturated rings. The summed E-state index contributed by atoms with van der Waals surface area (Å²) < 4.78 is 4.53.